The highest BCUT2D eigenvalue weighted by molar-refractivity contribution is 5.67. The summed E-state index contributed by atoms with van der Waals surface area (Å²) in [6.45, 7) is -0.615. The molecule has 0 amide bonds. The number of ether oxygens (including phenoxy) is 2. The van der Waals surface area contributed by atoms with Crippen LogP contribution < -0.4 is 5.32 Å². The molecule has 8 N–H and O–H groups in total. The third-order valence-corrected chi connectivity index (χ3v) is 7.08. The van der Waals surface area contributed by atoms with Gasteiger partial charge in [0.25, 0.3) is 0 Å². The molecule has 0 aliphatic carbocycles. The van der Waals surface area contributed by atoms with Gasteiger partial charge in [-0.2, -0.15) is 0 Å². The molecule has 35 heavy (non-hydrogen) atoms. The van der Waals surface area contributed by atoms with Crippen molar-refractivity contribution in [2.75, 3.05) is 13.2 Å². The lowest BCUT2D eigenvalue weighted by Gasteiger charge is -2.40. The van der Waals surface area contributed by atoms with E-state index in [1.54, 1.807) is 0 Å². The summed E-state index contributed by atoms with van der Waals surface area (Å²) in [7, 11) is 0. The van der Waals surface area contributed by atoms with Gasteiger partial charge in [-0.05, 0) is 25.7 Å². The van der Waals surface area contributed by atoms with Gasteiger partial charge < -0.3 is 50.5 Å². The Morgan fingerprint density at radius 3 is 2.17 bits per heavy atom. The largest absolute Gasteiger partial charge is 0.481 e. The lowest BCUT2D eigenvalue weighted by molar-refractivity contribution is -0.311. The first-order chi connectivity index (χ1) is 16.8. The summed E-state index contributed by atoms with van der Waals surface area (Å²) in [6, 6.07) is 0.133. The SMILES string of the molecule is O=C(O)C[C@@H](CCCCCCCCC[C@@H]1CC[C@@H](O)[C@H](CO)N1)O[C@@H]1O[C@H](CO)[C@@H](O)[C@H](O)[C@H]1O. The summed E-state index contributed by atoms with van der Waals surface area (Å²) < 4.78 is 11.0. The average Bonchev–Trinajstić information content (AvgIpc) is 2.83. The number of rotatable bonds is 16. The summed E-state index contributed by atoms with van der Waals surface area (Å²) in [5.74, 6) is -1.05. The number of carboxylic acids is 1. The normalized spacial score (nSPS) is 34.6. The Bertz CT molecular complexity index is 595. The van der Waals surface area contributed by atoms with Crippen molar-refractivity contribution in [3.8, 4) is 0 Å². The van der Waals surface area contributed by atoms with Crippen molar-refractivity contribution in [2.24, 2.45) is 0 Å². The van der Waals surface area contributed by atoms with Crippen LogP contribution in [0.15, 0.2) is 0 Å². The number of carbonyl (C=O) groups is 1. The monoisotopic (exact) mass is 507 g/mol. The number of aliphatic hydroxyl groups excluding tert-OH is 6. The Kier molecular flexibility index (Phi) is 13.9. The Morgan fingerprint density at radius 2 is 1.54 bits per heavy atom. The highest BCUT2D eigenvalue weighted by Crippen LogP contribution is 2.25. The zero-order chi connectivity index (χ0) is 25.8. The third-order valence-electron chi connectivity index (χ3n) is 7.08. The molecule has 2 rings (SSSR count). The number of aliphatic hydroxyl groups is 6. The number of carboxylic acid groups (broad SMARTS) is 1. The molecule has 0 bridgehead atoms. The number of aliphatic carboxylic acids is 1. The molecule has 206 valence electrons. The van der Waals surface area contributed by atoms with E-state index in [9.17, 15) is 40.5 Å². The van der Waals surface area contributed by atoms with Crippen LogP contribution in [0.2, 0.25) is 0 Å². The summed E-state index contributed by atoms with van der Waals surface area (Å²) >= 11 is 0. The number of hydrogen-bond acceptors (Lipinski definition) is 10. The quantitative estimate of drug-likeness (QED) is 0.127. The van der Waals surface area contributed by atoms with Gasteiger partial charge in [-0.15, -0.1) is 0 Å². The fourth-order valence-electron chi connectivity index (χ4n) is 4.90. The Hall–Kier alpha value is -0.890. The molecule has 0 radical (unpaired) electrons. The minimum absolute atomic E-state index is 0.0431. The predicted molar refractivity (Wildman–Crippen MR) is 125 cm³/mol. The maximum atomic E-state index is 11.2. The smallest absolute Gasteiger partial charge is 0.305 e. The molecule has 11 heteroatoms. The maximum absolute atomic E-state index is 11.2. The molecule has 2 aliphatic rings. The van der Waals surface area contributed by atoms with Gasteiger partial charge in [-0.25, -0.2) is 0 Å². The second kappa shape index (κ2) is 16.1. The van der Waals surface area contributed by atoms with E-state index >= 15 is 0 Å². The molecule has 9 atom stereocenters. The van der Waals surface area contributed by atoms with Crippen LogP contribution in [-0.4, -0.2) is 110 Å². The van der Waals surface area contributed by atoms with E-state index in [1.165, 1.54) is 0 Å². The lowest BCUT2D eigenvalue weighted by atomic mass is 9.93. The van der Waals surface area contributed by atoms with E-state index in [-0.39, 0.29) is 19.1 Å². The molecular weight excluding hydrogens is 462 g/mol. The molecule has 0 aromatic rings. The average molecular weight is 508 g/mol. The molecule has 0 saturated carbocycles. The van der Waals surface area contributed by atoms with Crippen molar-refractivity contribution in [1.29, 1.82) is 0 Å². The Balaban J connectivity index is 1.60. The minimum atomic E-state index is -1.56. The number of nitrogens with one attached hydrogen (secondary N) is 1. The molecule has 2 saturated heterocycles. The third kappa shape index (κ3) is 10.2. The predicted octanol–water partition coefficient (Wildman–Crippen LogP) is -0.369. The maximum Gasteiger partial charge on any atom is 0.305 e. The van der Waals surface area contributed by atoms with Crippen LogP contribution >= 0.6 is 0 Å². The fraction of sp³-hybridized carbons (Fsp3) is 0.958. The van der Waals surface area contributed by atoms with Crippen LogP contribution in [0.1, 0.15) is 77.0 Å². The van der Waals surface area contributed by atoms with Gasteiger partial charge in [-0.3, -0.25) is 4.79 Å². The van der Waals surface area contributed by atoms with Crippen molar-refractivity contribution < 1.29 is 50.0 Å². The van der Waals surface area contributed by atoms with Crippen LogP contribution in [0.25, 0.3) is 0 Å². The summed E-state index contributed by atoms with van der Waals surface area (Å²) in [4.78, 5) is 11.2. The standard InChI is InChI=1S/C24H45NO10/c26-13-17-18(28)11-10-15(25-17)8-6-4-2-1-3-5-7-9-16(12-20(29)30)34-24-23(33)22(32)21(31)19(14-27)35-24/h15-19,21-28,31-33H,1-14H2,(H,29,30)/t15-,16-,17+,18-,19-,21-,22+,23-,24-/m1/s1. The van der Waals surface area contributed by atoms with E-state index < -0.39 is 55.5 Å². The van der Waals surface area contributed by atoms with E-state index in [0.29, 0.717) is 12.5 Å². The topological polar surface area (TPSA) is 189 Å². The van der Waals surface area contributed by atoms with Crippen molar-refractivity contribution in [2.45, 2.75) is 132 Å². The summed E-state index contributed by atoms with van der Waals surface area (Å²) in [5, 5.41) is 70.8. The van der Waals surface area contributed by atoms with Crippen LogP contribution in [0.4, 0.5) is 0 Å². The van der Waals surface area contributed by atoms with Gasteiger partial charge in [0.1, 0.15) is 24.4 Å². The van der Waals surface area contributed by atoms with Gasteiger partial charge in [0, 0.05) is 6.04 Å². The first-order valence-electron chi connectivity index (χ1n) is 13.0. The molecule has 2 fully saturated rings. The summed E-state index contributed by atoms with van der Waals surface area (Å²) in [6.07, 6.45) is 1.72. The minimum Gasteiger partial charge on any atom is -0.481 e. The molecule has 0 aromatic carbocycles. The van der Waals surface area contributed by atoms with E-state index in [4.69, 9.17) is 9.47 Å². The molecular formula is C24H45NO10. The van der Waals surface area contributed by atoms with E-state index in [1.807, 2.05) is 0 Å². The van der Waals surface area contributed by atoms with Gasteiger partial charge in [0.15, 0.2) is 6.29 Å². The zero-order valence-corrected chi connectivity index (χ0v) is 20.5. The van der Waals surface area contributed by atoms with Crippen LogP contribution in [0.3, 0.4) is 0 Å². The van der Waals surface area contributed by atoms with Gasteiger partial charge in [0.2, 0.25) is 0 Å². The van der Waals surface area contributed by atoms with E-state index in [2.05, 4.69) is 5.32 Å². The first-order valence-corrected chi connectivity index (χ1v) is 13.0. The molecule has 0 unspecified atom stereocenters. The summed E-state index contributed by atoms with van der Waals surface area (Å²) in [5.41, 5.74) is 0. The van der Waals surface area contributed by atoms with Gasteiger partial charge in [0.05, 0.1) is 37.9 Å². The van der Waals surface area contributed by atoms with E-state index in [0.717, 1.165) is 64.2 Å². The second-order valence-electron chi connectivity index (χ2n) is 9.90. The zero-order valence-electron chi connectivity index (χ0n) is 20.5. The number of unbranched alkanes of at least 4 members (excludes halogenated alkanes) is 6. The number of hydrogen-bond donors (Lipinski definition) is 8. The molecule has 11 nitrogen and oxygen atoms in total. The first kappa shape index (κ1) is 30.3. The molecule has 2 aliphatic heterocycles. The molecule has 0 spiro atoms. The molecule has 0 aromatic heterocycles. The molecule has 2 heterocycles. The Labute approximate surface area is 207 Å². The van der Waals surface area contributed by atoms with Gasteiger partial charge >= 0.3 is 5.97 Å². The van der Waals surface area contributed by atoms with Crippen molar-refractivity contribution >= 4 is 5.97 Å². The fourth-order valence-corrected chi connectivity index (χ4v) is 4.90. The Morgan fingerprint density at radius 1 is 0.886 bits per heavy atom. The highest BCUT2D eigenvalue weighted by Gasteiger charge is 2.44. The highest BCUT2D eigenvalue weighted by atomic mass is 16.7. The number of piperidine rings is 1. The van der Waals surface area contributed by atoms with Crippen LogP contribution in [0, 0.1) is 0 Å². The van der Waals surface area contributed by atoms with Gasteiger partial charge in [-0.1, -0.05) is 44.9 Å². The van der Waals surface area contributed by atoms with Crippen molar-refractivity contribution in [3.05, 3.63) is 0 Å². The van der Waals surface area contributed by atoms with Crippen molar-refractivity contribution in [1.82, 2.24) is 5.32 Å². The van der Waals surface area contributed by atoms with Crippen LogP contribution in [0.5, 0.6) is 0 Å². The van der Waals surface area contributed by atoms with Crippen LogP contribution in [-0.2, 0) is 14.3 Å². The van der Waals surface area contributed by atoms with Crippen molar-refractivity contribution in [3.63, 3.8) is 0 Å². The lowest BCUT2D eigenvalue weighted by Crippen LogP contribution is -2.59. The second-order valence-corrected chi connectivity index (χ2v) is 9.90.